The molecule has 0 bridgehead atoms. The molecule has 0 spiro atoms. The fourth-order valence-electron chi connectivity index (χ4n) is 1.20. The van der Waals surface area contributed by atoms with E-state index in [-0.39, 0.29) is 0 Å². The van der Waals surface area contributed by atoms with Gasteiger partial charge in [0.2, 0.25) is 0 Å². The molecule has 0 heterocycles. The quantitative estimate of drug-likeness (QED) is 0.507. The fourth-order valence-corrected chi connectivity index (χ4v) is 1.60. The number of azo groups is 1. The Bertz CT molecular complexity index is 441. The molecule has 0 aliphatic heterocycles. The third-order valence-electron chi connectivity index (χ3n) is 2.07. The molecule has 0 aliphatic rings. The molecule has 1 unspecified atom stereocenters. The van der Waals surface area contributed by atoms with E-state index in [0.717, 1.165) is 17.1 Å². The molecule has 2 N–H and O–H groups in total. The van der Waals surface area contributed by atoms with Crippen molar-refractivity contribution in [2.75, 3.05) is 5.73 Å². The molecular weight excluding hydrogens is 261 g/mol. The van der Waals surface area contributed by atoms with Crippen LogP contribution in [0.3, 0.4) is 0 Å². The summed E-state index contributed by atoms with van der Waals surface area (Å²) in [4.78, 5) is 0. The SMILES string of the molecule is Nc1ccc(N=Nc2ccc([AsH2])cc2)cc1. The Kier molecular flexibility index (Phi) is 3.37. The zero-order chi connectivity index (χ0) is 11.4. The molecular formula is C12H12AsN3. The number of hydrogen-bond acceptors (Lipinski definition) is 3. The van der Waals surface area contributed by atoms with Crippen molar-refractivity contribution >= 4 is 38.3 Å². The number of hydrogen-bond donors (Lipinski definition) is 1. The molecule has 0 aromatic heterocycles. The number of nitrogens with zero attached hydrogens (tertiary/aromatic N) is 2. The maximum atomic E-state index is 5.58. The minimum atomic E-state index is 0.733. The predicted octanol–water partition coefficient (Wildman–Crippen LogP) is 1.94. The zero-order valence-electron chi connectivity index (χ0n) is 8.67. The fraction of sp³-hybridized carbons (Fsp3) is 0. The molecule has 1 atom stereocenters. The van der Waals surface area contributed by atoms with Crippen molar-refractivity contribution in [3.05, 3.63) is 48.5 Å². The Balaban J connectivity index is 2.15. The van der Waals surface area contributed by atoms with Crippen LogP contribution in [-0.4, -0.2) is 16.9 Å². The van der Waals surface area contributed by atoms with E-state index in [2.05, 4.69) is 10.2 Å². The van der Waals surface area contributed by atoms with Crippen LogP contribution in [0.1, 0.15) is 0 Å². The van der Waals surface area contributed by atoms with Gasteiger partial charge >= 0.3 is 103 Å². The molecule has 0 aliphatic carbocycles. The number of benzene rings is 2. The second-order valence-corrected chi connectivity index (χ2v) is 4.78. The summed E-state index contributed by atoms with van der Waals surface area (Å²) in [5, 5.41) is 8.26. The van der Waals surface area contributed by atoms with Crippen LogP contribution in [0.5, 0.6) is 0 Å². The van der Waals surface area contributed by atoms with Gasteiger partial charge in [-0.25, -0.2) is 0 Å². The van der Waals surface area contributed by atoms with Crippen LogP contribution in [0.25, 0.3) is 0 Å². The van der Waals surface area contributed by atoms with Crippen molar-refractivity contribution in [2.45, 2.75) is 0 Å². The van der Waals surface area contributed by atoms with Crippen LogP contribution in [0.4, 0.5) is 17.1 Å². The molecule has 16 heavy (non-hydrogen) atoms. The molecule has 4 heteroatoms. The average Bonchev–Trinajstić information content (AvgIpc) is 2.30. The first-order valence-corrected chi connectivity index (χ1v) is 6.08. The van der Waals surface area contributed by atoms with Crippen molar-refractivity contribution in [2.24, 2.45) is 10.2 Å². The van der Waals surface area contributed by atoms with Crippen molar-refractivity contribution in [1.29, 1.82) is 0 Å². The van der Waals surface area contributed by atoms with Gasteiger partial charge in [-0.2, -0.15) is 0 Å². The van der Waals surface area contributed by atoms with Gasteiger partial charge in [-0.1, -0.05) is 0 Å². The van der Waals surface area contributed by atoms with Crippen LogP contribution in [-0.2, 0) is 0 Å². The molecule has 80 valence electrons. The molecule has 0 fully saturated rings. The standard InChI is InChI=1S/C12H12AsN3/c13-9-1-5-11(6-2-9)15-16-12-7-3-10(14)4-8-12/h1-8H,13-14H2. The normalized spacial score (nSPS) is 10.8. The summed E-state index contributed by atoms with van der Waals surface area (Å²) in [5.41, 5.74) is 7.98. The summed E-state index contributed by atoms with van der Waals surface area (Å²) < 4.78 is 1.28. The van der Waals surface area contributed by atoms with E-state index in [9.17, 15) is 0 Å². The van der Waals surface area contributed by atoms with Gasteiger partial charge in [0.15, 0.2) is 0 Å². The molecule has 2 aromatic rings. The summed E-state index contributed by atoms with van der Waals surface area (Å²) in [6.07, 6.45) is 0. The van der Waals surface area contributed by atoms with Crippen molar-refractivity contribution in [1.82, 2.24) is 0 Å². The molecule has 0 amide bonds. The second kappa shape index (κ2) is 4.95. The average molecular weight is 273 g/mol. The van der Waals surface area contributed by atoms with E-state index < -0.39 is 0 Å². The second-order valence-electron chi connectivity index (χ2n) is 3.38. The Labute approximate surface area is 103 Å². The Morgan fingerprint density at radius 3 is 1.69 bits per heavy atom. The third kappa shape index (κ3) is 2.94. The minimum absolute atomic E-state index is 0.733. The summed E-state index contributed by atoms with van der Waals surface area (Å²) in [6, 6.07) is 15.3. The van der Waals surface area contributed by atoms with E-state index in [4.69, 9.17) is 5.73 Å². The van der Waals surface area contributed by atoms with Crippen LogP contribution in [0, 0.1) is 0 Å². The Hall–Kier alpha value is -1.60. The number of nitrogen functional groups attached to an aromatic ring is 1. The predicted molar refractivity (Wildman–Crippen MR) is 69.7 cm³/mol. The first-order valence-electron chi connectivity index (χ1n) is 4.87. The van der Waals surface area contributed by atoms with Crippen molar-refractivity contribution in [3.8, 4) is 0 Å². The molecule has 0 radical (unpaired) electrons. The van der Waals surface area contributed by atoms with Gasteiger partial charge in [-0.3, -0.25) is 0 Å². The molecule has 2 aromatic carbocycles. The number of rotatable bonds is 2. The van der Waals surface area contributed by atoms with E-state index in [0.29, 0.717) is 0 Å². The van der Waals surface area contributed by atoms with Gasteiger partial charge < -0.3 is 0 Å². The Morgan fingerprint density at radius 1 is 0.750 bits per heavy atom. The van der Waals surface area contributed by atoms with E-state index in [1.807, 2.05) is 48.5 Å². The van der Waals surface area contributed by atoms with Crippen LogP contribution in [0.2, 0.25) is 0 Å². The monoisotopic (exact) mass is 273 g/mol. The van der Waals surface area contributed by atoms with Gasteiger partial charge in [0, 0.05) is 0 Å². The van der Waals surface area contributed by atoms with Gasteiger partial charge in [-0.15, -0.1) is 0 Å². The summed E-state index contributed by atoms with van der Waals surface area (Å²) >= 11 is 1.60. The molecule has 2 rings (SSSR count). The molecule has 0 saturated heterocycles. The van der Waals surface area contributed by atoms with Crippen molar-refractivity contribution in [3.63, 3.8) is 0 Å². The van der Waals surface area contributed by atoms with Crippen LogP contribution in [0.15, 0.2) is 58.8 Å². The van der Waals surface area contributed by atoms with Gasteiger partial charge in [0.1, 0.15) is 0 Å². The van der Waals surface area contributed by atoms with E-state index in [1.54, 1.807) is 16.9 Å². The van der Waals surface area contributed by atoms with Gasteiger partial charge in [0.25, 0.3) is 0 Å². The zero-order valence-corrected chi connectivity index (χ0v) is 11.1. The van der Waals surface area contributed by atoms with Gasteiger partial charge in [-0.05, 0) is 0 Å². The third-order valence-corrected chi connectivity index (χ3v) is 2.87. The summed E-state index contributed by atoms with van der Waals surface area (Å²) in [7, 11) is 0. The first kappa shape index (κ1) is 10.9. The summed E-state index contributed by atoms with van der Waals surface area (Å²) in [6.45, 7) is 0. The van der Waals surface area contributed by atoms with Crippen molar-refractivity contribution < 1.29 is 0 Å². The van der Waals surface area contributed by atoms with Crippen LogP contribution >= 0.6 is 0 Å². The van der Waals surface area contributed by atoms with E-state index in [1.165, 1.54) is 4.35 Å². The number of anilines is 1. The first-order chi connectivity index (χ1) is 7.74. The maximum absolute atomic E-state index is 5.58. The van der Waals surface area contributed by atoms with Gasteiger partial charge in [0.05, 0.1) is 0 Å². The Morgan fingerprint density at radius 2 is 1.19 bits per heavy atom. The topological polar surface area (TPSA) is 50.7 Å². The van der Waals surface area contributed by atoms with E-state index >= 15 is 0 Å². The molecule has 3 nitrogen and oxygen atoms in total. The summed E-state index contributed by atoms with van der Waals surface area (Å²) in [5.74, 6) is 0. The molecule has 0 saturated carbocycles. The number of nitrogens with two attached hydrogens (primary N) is 1. The van der Waals surface area contributed by atoms with Crippen LogP contribution < -0.4 is 10.1 Å².